The molecule has 0 aliphatic rings. The highest BCUT2D eigenvalue weighted by Gasteiger charge is 2.10. The normalized spacial score (nSPS) is 9.77. The van der Waals surface area contributed by atoms with Gasteiger partial charge in [0.1, 0.15) is 11.5 Å². The van der Waals surface area contributed by atoms with Gasteiger partial charge >= 0.3 is 0 Å². The van der Waals surface area contributed by atoms with Crippen molar-refractivity contribution in [1.82, 2.24) is 0 Å². The van der Waals surface area contributed by atoms with Crippen LogP contribution in [0.1, 0.15) is 5.56 Å². The monoisotopic (exact) mass is 182 g/mol. The van der Waals surface area contributed by atoms with Gasteiger partial charge in [0.05, 0.1) is 25.5 Å². The zero-order valence-corrected chi connectivity index (χ0v) is 7.83. The van der Waals surface area contributed by atoms with E-state index in [1.165, 1.54) is 0 Å². The highest BCUT2D eigenvalue weighted by Crippen LogP contribution is 2.33. The van der Waals surface area contributed by atoms with Gasteiger partial charge in [-0.1, -0.05) is 0 Å². The van der Waals surface area contributed by atoms with Crippen LogP contribution in [0.15, 0.2) is 12.1 Å². The van der Waals surface area contributed by atoms with Gasteiger partial charge in [0.15, 0.2) is 0 Å². The number of methoxy groups -OCH3 is 2. The Morgan fingerprint density at radius 2 is 1.92 bits per heavy atom. The summed E-state index contributed by atoms with van der Waals surface area (Å²) in [5.74, 6) is 1.30. The SMILES string of the molecule is COc1ccc(N)c(OC)c1CN. The fraction of sp³-hybridized carbons (Fsp3) is 0.333. The molecule has 1 aromatic rings. The van der Waals surface area contributed by atoms with Crippen molar-refractivity contribution in [2.45, 2.75) is 6.54 Å². The summed E-state index contributed by atoms with van der Waals surface area (Å²) < 4.78 is 10.2. The minimum Gasteiger partial charge on any atom is -0.496 e. The molecular formula is C9H14N2O2. The minimum absolute atomic E-state index is 0.345. The lowest BCUT2D eigenvalue weighted by Crippen LogP contribution is -2.05. The lowest BCUT2D eigenvalue weighted by molar-refractivity contribution is 0.387. The van der Waals surface area contributed by atoms with Crippen LogP contribution < -0.4 is 20.9 Å². The molecule has 4 heteroatoms. The summed E-state index contributed by atoms with van der Waals surface area (Å²) in [6.07, 6.45) is 0. The summed E-state index contributed by atoms with van der Waals surface area (Å²) in [6, 6.07) is 3.51. The second kappa shape index (κ2) is 4.00. The topological polar surface area (TPSA) is 70.5 Å². The Morgan fingerprint density at radius 1 is 1.23 bits per heavy atom. The van der Waals surface area contributed by atoms with Gasteiger partial charge in [-0.05, 0) is 12.1 Å². The van der Waals surface area contributed by atoms with Crippen LogP contribution in [0, 0.1) is 0 Å². The Hall–Kier alpha value is -1.42. The van der Waals surface area contributed by atoms with Crippen LogP contribution in [0.4, 0.5) is 5.69 Å². The quantitative estimate of drug-likeness (QED) is 0.676. The van der Waals surface area contributed by atoms with Crippen molar-refractivity contribution >= 4 is 5.69 Å². The number of hydrogen-bond donors (Lipinski definition) is 2. The summed E-state index contributed by atoms with van der Waals surface area (Å²) in [6.45, 7) is 0.345. The van der Waals surface area contributed by atoms with Crippen molar-refractivity contribution in [2.24, 2.45) is 5.73 Å². The zero-order chi connectivity index (χ0) is 9.84. The van der Waals surface area contributed by atoms with Crippen LogP contribution in [0.25, 0.3) is 0 Å². The van der Waals surface area contributed by atoms with E-state index in [9.17, 15) is 0 Å². The van der Waals surface area contributed by atoms with Gasteiger partial charge in [-0.25, -0.2) is 0 Å². The molecule has 0 spiro atoms. The number of rotatable bonds is 3. The van der Waals surface area contributed by atoms with Crippen molar-refractivity contribution in [3.05, 3.63) is 17.7 Å². The Balaban J connectivity index is 3.27. The average Bonchev–Trinajstić information content (AvgIpc) is 2.17. The van der Waals surface area contributed by atoms with E-state index in [1.54, 1.807) is 26.4 Å². The second-order valence-corrected chi connectivity index (χ2v) is 2.57. The summed E-state index contributed by atoms with van der Waals surface area (Å²) in [7, 11) is 3.15. The summed E-state index contributed by atoms with van der Waals surface area (Å²) in [5, 5.41) is 0. The molecule has 4 nitrogen and oxygen atoms in total. The largest absolute Gasteiger partial charge is 0.496 e. The third-order valence-corrected chi connectivity index (χ3v) is 1.88. The first-order valence-corrected chi connectivity index (χ1v) is 3.94. The van der Waals surface area contributed by atoms with Gasteiger partial charge in [0.25, 0.3) is 0 Å². The number of ether oxygens (including phenoxy) is 2. The van der Waals surface area contributed by atoms with Gasteiger partial charge < -0.3 is 20.9 Å². The van der Waals surface area contributed by atoms with E-state index < -0.39 is 0 Å². The first kappa shape index (κ1) is 9.67. The van der Waals surface area contributed by atoms with Gasteiger partial charge in [-0.3, -0.25) is 0 Å². The summed E-state index contributed by atoms with van der Waals surface area (Å²) in [5.41, 5.74) is 12.6. The smallest absolute Gasteiger partial charge is 0.149 e. The molecule has 0 bridgehead atoms. The fourth-order valence-corrected chi connectivity index (χ4v) is 1.25. The highest BCUT2D eigenvalue weighted by atomic mass is 16.5. The van der Waals surface area contributed by atoms with Crippen LogP contribution >= 0.6 is 0 Å². The zero-order valence-electron chi connectivity index (χ0n) is 7.83. The van der Waals surface area contributed by atoms with Crippen molar-refractivity contribution < 1.29 is 9.47 Å². The fourth-order valence-electron chi connectivity index (χ4n) is 1.25. The maximum absolute atomic E-state index is 5.69. The maximum Gasteiger partial charge on any atom is 0.149 e. The Morgan fingerprint density at radius 3 is 2.38 bits per heavy atom. The predicted octanol–water partition coefficient (Wildman–Crippen LogP) is 0.745. The molecule has 0 unspecified atom stereocenters. The second-order valence-electron chi connectivity index (χ2n) is 2.57. The molecule has 0 aliphatic heterocycles. The van der Waals surface area contributed by atoms with Crippen molar-refractivity contribution in [1.29, 1.82) is 0 Å². The molecule has 4 N–H and O–H groups in total. The number of nitrogens with two attached hydrogens (primary N) is 2. The van der Waals surface area contributed by atoms with Crippen LogP contribution in [0.5, 0.6) is 11.5 Å². The number of nitrogen functional groups attached to an aromatic ring is 1. The Kier molecular flexibility index (Phi) is 2.97. The molecule has 0 aromatic heterocycles. The predicted molar refractivity (Wildman–Crippen MR) is 51.8 cm³/mol. The minimum atomic E-state index is 0.345. The molecule has 1 aromatic carbocycles. The number of anilines is 1. The van der Waals surface area contributed by atoms with Crippen molar-refractivity contribution in [3.8, 4) is 11.5 Å². The van der Waals surface area contributed by atoms with Gasteiger partial charge in [0, 0.05) is 6.54 Å². The molecule has 1 rings (SSSR count). The third-order valence-electron chi connectivity index (χ3n) is 1.88. The number of benzene rings is 1. The average molecular weight is 182 g/mol. The number of hydrogen-bond acceptors (Lipinski definition) is 4. The van der Waals surface area contributed by atoms with E-state index in [0.717, 1.165) is 5.56 Å². The van der Waals surface area contributed by atoms with Gasteiger partial charge in [-0.2, -0.15) is 0 Å². The molecule has 0 aliphatic carbocycles. The van der Waals surface area contributed by atoms with Gasteiger partial charge in [0.2, 0.25) is 0 Å². The Bertz CT molecular complexity index is 300. The maximum atomic E-state index is 5.69. The lowest BCUT2D eigenvalue weighted by atomic mass is 10.1. The van der Waals surface area contributed by atoms with Crippen molar-refractivity contribution in [2.75, 3.05) is 20.0 Å². The molecule has 0 atom stereocenters. The first-order valence-electron chi connectivity index (χ1n) is 3.94. The molecule has 0 amide bonds. The van der Waals surface area contributed by atoms with E-state index in [1.807, 2.05) is 0 Å². The molecule has 0 heterocycles. The Labute approximate surface area is 77.4 Å². The van der Waals surface area contributed by atoms with E-state index in [4.69, 9.17) is 20.9 Å². The van der Waals surface area contributed by atoms with Crippen LogP contribution in [-0.4, -0.2) is 14.2 Å². The molecule has 0 saturated heterocycles. The third kappa shape index (κ3) is 1.67. The highest BCUT2D eigenvalue weighted by molar-refractivity contribution is 5.61. The van der Waals surface area contributed by atoms with Crippen LogP contribution in [0.2, 0.25) is 0 Å². The van der Waals surface area contributed by atoms with E-state index in [2.05, 4.69) is 0 Å². The standard InChI is InChI=1S/C9H14N2O2/c1-12-8-4-3-7(11)9(13-2)6(8)5-10/h3-4H,5,10-11H2,1-2H3. The van der Waals surface area contributed by atoms with E-state index >= 15 is 0 Å². The van der Waals surface area contributed by atoms with E-state index in [-0.39, 0.29) is 0 Å². The first-order chi connectivity index (χ1) is 6.24. The summed E-state index contributed by atoms with van der Waals surface area (Å²) >= 11 is 0. The molecule has 13 heavy (non-hydrogen) atoms. The lowest BCUT2D eigenvalue weighted by Gasteiger charge is -2.13. The molecule has 0 saturated carbocycles. The van der Waals surface area contributed by atoms with Crippen LogP contribution in [0.3, 0.4) is 0 Å². The molecule has 0 fully saturated rings. The van der Waals surface area contributed by atoms with Crippen LogP contribution in [-0.2, 0) is 6.54 Å². The molecule has 0 radical (unpaired) electrons. The summed E-state index contributed by atoms with van der Waals surface area (Å²) in [4.78, 5) is 0. The van der Waals surface area contributed by atoms with Gasteiger partial charge in [-0.15, -0.1) is 0 Å². The molecular weight excluding hydrogens is 168 g/mol. The molecule has 72 valence electrons. The van der Waals surface area contributed by atoms with E-state index in [0.29, 0.717) is 23.7 Å². The van der Waals surface area contributed by atoms with Crippen molar-refractivity contribution in [3.63, 3.8) is 0 Å².